The lowest BCUT2D eigenvalue weighted by Gasteiger charge is -2.28. The summed E-state index contributed by atoms with van der Waals surface area (Å²) in [5.74, 6) is 0.807. The van der Waals surface area contributed by atoms with Gasteiger partial charge in [0.15, 0.2) is 0 Å². The SMILES string of the molecule is Cl.O=C(CC1CC2CCC(C1)N2)NCc1cccs1. The highest BCUT2D eigenvalue weighted by atomic mass is 35.5. The summed E-state index contributed by atoms with van der Waals surface area (Å²) in [5.41, 5.74) is 0. The van der Waals surface area contributed by atoms with Gasteiger partial charge in [-0.25, -0.2) is 0 Å². The van der Waals surface area contributed by atoms with Gasteiger partial charge in [-0.15, -0.1) is 23.7 Å². The van der Waals surface area contributed by atoms with Crippen LogP contribution in [-0.4, -0.2) is 18.0 Å². The summed E-state index contributed by atoms with van der Waals surface area (Å²) in [6.07, 6.45) is 5.68. The third-order valence-corrected chi connectivity index (χ3v) is 4.96. The smallest absolute Gasteiger partial charge is 0.220 e. The highest BCUT2D eigenvalue weighted by Gasteiger charge is 2.33. The standard InChI is InChI=1S/C14H20N2OS.ClH/c17-14(15-9-13-2-1-5-18-13)8-10-6-11-3-4-12(7-10)16-11;/h1-2,5,10-12,16H,3-4,6-9H2,(H,15,17);1H. The first-order valence-electron chi connectivity index (χ1n) is 6.85. The first-order valence-corrected chi connectivity index (χ1v) is 7.72. The monoisotopic (exact) mass is 300 g/mol. The maximum atomic E-state index is 11.9. The van der Waals surface area contributed by atoms with Gasteiger partial charge in [0.25, 0.3) is 0 Å². The number of hydrogen-bond acceptors (Lipinski definition) is 3. The van der Waals surface area contributed by atoms with Crippen molar-refractivity contribution in [2.75, 3.05) is 0 Å². The van der Waals surface area contributed by atoms with Gasteiger partial charge in [0.2, 0.25) is 5.91 Å². The van der Waals surface area contributed by atoms with Gasteiger partial charge < -0.3 is 10.6 Å². The minimum atomic E-state index is 0. The van der Waals surface area contributed by atoms with Crippen LogP contribution >= 0.6 is 23.7 Å². The van der Waals surface area contributed by atoms with Crippen LogP contribution in [0.2, 0.25) is 0 Å². The molecule has 2 fully saturated rings. The molecule has 0 aromatic carbocycles. The second kappa shape index (κ2) is 6.73. The number of piperidine rings is 1. The van der Waals surface area contributed by atoms with Gasteiger partial charge in [0.05, 0.1) is 6.54 Å². The molecule has 106 valence electrons. The van der Waals surface area contributed by atoms with Crippen molar-refractivity contribution in [2.45, 2.75) is 50.7 Å². The van der Waals surface area contributed by atoms with Gasteiger partial charge in [-0.05, 0) is 43.0 Å². The Kier molecular flexibility index (Phi) is 5.25. The zero-order valence-corrected chi connectivity index (χ0v) is 12.6. The first-order chi connectivity index (χ1) is 8.79. The molecule has 3 rings (SSSR count). The van der Waals surface area contributed by atoms with Gasteiger partial charge in [-0.1, -0.05) is 6.07 Å². The number of carbonyl (C=O) groups is 1. The molecule has 3 heterocycles. The van der Waals surface area contributed by atoms with E-state index in [2.05, 4.69) is 16.7 Å². The van der Waals surface area contributed by atoms with Crippen LogP contribution in [0, 0.1) is 5.92 Å². The van der Waals surface area contributed by atoms with Crippen LogP contribution in [0.25, 0.3) is 0 Å². The minimum Gasteiger partial charge on any atom is -0.351 e. The first kappa shape index (κ1) is 14.8. The number of rotatable bonds is 4. The number of hydrogen-bond donors (Lipinski definition) is 2. The Morgan fingerprint density at radius 3 is 2.74 bits per heavy atom. The van der Waals surface area contributed by atoms with E-state index in [9.17, 15) is 4.79 Å². The Hall–Kier alpha value is -0.580. The van der Waals surface area contributed by atoms with Crippen molar-refractivity contribution < 1.29 is 4.79 Å². The van der Waals surface area contributed by atoms with Crippen molar-refractivity contribution >= 4 is 29.7 Å². The highest BCUT2D eigenvalue weighted by Crippen LogP contribution is 2.32. The summed E-state index contributed by atoms with van der Waals surface area (Å²) < 4.78 is 0. The Labute approximate surface area is 124 Å². The molecule has 1 aromatic heterocycles. The molecule has 19 heavy (non-hydrogen) atoms. The second-order valence-corrected chi connectivity index (χ2v) is 6.57. The van der Waals surface area contributed by atoms with Crippen molar-refractivity contribution in [3.63, 3.8) is 0 Å². The molecule has 1 amide bonds. The number of fused-ring (bicyclic) bond motifs is 2. The summed E-state index contributed by atoms with van der Waals surface area (Å²) in [5, 5.41) is 8.70. The molecule has 2 unspecified atom stereocenters. The fraction of sp³-hybridized carbons (Fsp3) is 0.643. The predicted molar refractivity (Wildman–Crippen MR) is 80.7 cm³/mol. The van der Waals surface area contributed by atoms with E-state index in [-0.39, 0.29) is 18.3 Å². The van der Waals surface area contributed by atoms with Gasteiger partial charge in [0, 0.05) is 23.4 Å². The van der Waals surface area contributed by atoms with E-state index in [1.54, 1.807) is 11.3 Å². The molecule has 2 aliphatic heterocycles. The number of halogens is 1. The van der Waals surface area contributed by atoms with E-state index in [0.717, 1.165) is 0 Å². The Bertz CT molecular complexity index is 398. The van der Waals surface area contributed by atoms with E-state index in [4.69, 9.17) is 0 Å². The van der Waals surface area contributed by atoms with Crippen LogP contribution in [-0.2, 0) is 11.3 Å². The molecular formula is C14H21ClN2OS. The summed E-state index contributed by atoms with van der Waals surface area (Å²) in [4.78, 5) is 13.1. The summed E-state index contributed by atoms with van der Waals surface area (Å²) >= 11 is 1.70. The second-order valence-electron chi connectivity index (χ2n) is 5.54. The molecule has 3 nitrogen and oxygen atoms in total. The van der Waals surface area contributed by atoms with Crippen molar-refractivity contribution in [1.82, 2.24) is 10.6 Å². The van der Waals surface area contributed by atoms with Gasteiger partial charge in [-0.3, -0.25) is 4.79 Å². The topological polar surface area (TPSA) is 41.1 Å². The summed E-state index contributed by atoms with van der Waals surface area (Å²) in [6, 6.07) is 5.45. The lowest BCUT2D eigenvalue weighted by Crippen LogP contribution is -2.39. The van der Waals surface area contributed by atoms with E-state index < -0.39 is 0 Å². The van der Waals surface area contributed by atoms with E-state index >= 15 is 0 Å². The summed E-state index contributed by atoms with van der Waals surface area (Å²) in [6.45, 7) is 0.689. The Morgan fingerprint density at radius 1 is 1.37 bits per heavy atom. The lowest BCUT2D eigenvalue weighted by atomic mass is 9.89. The average Bonchev–Trinajstić information content (AvgIpc) is 2.97. The van der Waals surface area contributed by atoms with Crippen molar-refractivity contribution in [3.05, 3.63) is 22.4 Å². The normalized spacial score (nSPS) is 28.7. The largest absolute Gasteiger partial charge is 0.351 e. The zero-order valence-electron chi connectivity index (χ0n) is 10.9. The van der Waals surface area contributed by atoms with Crippen molar-refractivity contribution in [1.29, 1.82) is 0 Å². The molecule has 2 N–H and O–H groups in total. The molecule has 0 aliphatic carbocycles. The maximum Gasteiger partial charge on any atom is 0.220 e. The quantitative estimate of drug-likeness (QED) is 0.898. The maximum absolute atomic E-state index is 11.9. The van der Waals surface area contributed by atoms with Crippen LogP contribution in [0.1, 0.15) is 37.0 Å². The summed E-state index contributed by atoms with van der Waals surface area (Å²) in [7, 11) is 0. The van der Waals surface area contributed by atoms with E-state index in [0.29, 0.717) is 31.0 Å². The molecule has 1 aromatic rings. The predicted octanol–water partition coefficient (Wildman–Crippen LogP) is 2.71. The third kappa shape index (κ3) is 3.94. The number of amides is 1. The third-order valence-electron chi connectivity index (χ3n) is 4.08. The number of nitrogens with one attached hydrogen (secondary N) is 2. The number of carbonyl (C=O) groups excluding carboxylic acids is 1. The molecular weight excluding hydrogens is 280 g/mol. The van der Waals surface area contributed by atoms with Gasteiger partial charge >= 0.3 is 0 Å². The molecule has 2 saturated heterocycles. The zero-order chi connectivity index (χ0) is 12.4. The van der Waals surface area contributed by atoms with E-state index in [1.165, 1.54) is 30.6 Å². The molecule has 0 radical (unpaired) electrons. The van der Waals surface area contributed by atoms with Crippen LogP contribution in [0.4, 0.5) is 0 Å². The number of thiophene rings is 1. The van der Waals surface area contributed by atoms with Gasteiger partial charge in [-0.2, -0.15) is 0 Å². The lowest BCUT2D eigenvalue weighted by molar-refractivity contribution is -0.122. The fourth-order valence-corrected chi connectivity index (χ4v) is 3.92. The van der Waals surface area contributed by atoms with Crippen LogP contribution < -0.4 is 10.6 Å². The Morgan fingerprint density at radius 2 is 2.11 bits per heavy atom. The van der Waals surface area contributed by atoms with Crippen molar-refractivity contribution in [2.24, 2.45) is 5.92 Å². The average molecular weight is 301 g/mol. The Balaban J connectivity index is 0.00000133. The highest BCUT2D eigenvalue weighted by molar-refractivity contribution is 7.09. The molecule has 2 aliphatic rings. The van der Waals surface area contributed by atoms with Crippen molar-refractivity contribution in [3.8, 4) is 0 Å². The van der Waals surface area contributed by atoms with Crippen LogP contribution in [0.3, 0.4) is 0 Å². The fourth-order valence-electron chi connectivity index (χ4n) is 3.28. The molecule has 0 saturated carbocycles. The molecule has 2 bridgehead atoms. The van der Waals surface area contributed by atoms with Crippen LogP contribution in [0.15, 0.2) is 17.5 Å². The van der Waals surface area contributed by atoms with Gasteiger partial charge in [0.1, 0.15) is 0 Å². The molecule has 2 atom stereocenters. The minimum absolute atomic E-state index is 0. The van der Waals surface area contributed by atoms with E-state index in [1.807, 2.05) is 11.4 Å². The van der Waals surface area contributed by atoms with Crippen LogP contribution in [0.5, 0.6) is 0 Å². The molecule has 0 spiro atoms. The molecule has 5 heteroatoms.